The summed E-state index contributed by atoms with van der Waals surface area (Å²) >= 11 is 0. The number of hydrogen-bond acceptors (Lipinski definition) is 7. The largest absolute Gasteiger partial charge is 0.434 e. The van der Waals surface area contributed by atoms with Gasteiger partial charge < -0.3 is 29.3 Å². The Morgan fingerprint density at radius 1 is 0.955 bits per heavy atom. The second kappa shape index (κ2) is 10.9. The lowest BCUT2D eigenvalue weighted by molar-refractivity contribution is -0.396. The van der Waals surface area contributed by atoms with Crippen molar-refractivity contribution < 1.29 is 19.2 Å². The molecule has 44 heavy (non-hydrogen) atoms. The predicted octanol–water partition coefficient (Wildman–Crippen LogP) is 3.73. The lowest BCUT2D eigenvalue weighted by atomic mass is 9.95. The van der Waals surface area contributed by atoms with Crippen molar-refractivity contribution >= 4 is 50.7 Å². The molecular weight excluding hydrogens is 562 g/mol. The third-order valence-electron chi connectivity index (χ3n) is 8.64. The molecule has 0 radical (unpaired) electrons. The number of fused-ring (bicyclic) bond motifs is 12. The van der Waals surface area contributed by atoms with E-state index in [-0.39, 0.29) is 18.6 Å². The Morgan fingerprint density at radius 3 is 2.11 bits per heavy atom. The second-order valence-corrected chi connectivity index (χ2v) is 11.2. The molecule has 2 amide bonds. The average molecular weight is 594 g/mol. The Hall–Kier alpha value is -5.07. The van der Waals surface area contributed by atoms with Gasteiger partial charge in [-0.15, -0.1) is 0 Å². The molecule has 224 valence electrons. The Balaban J connectivity index is 1.45. The molecule has 3 aromatic heterocycles. The van der Waals surface area contributed by atoms with Gasteiger partial charge in [0.1, 0.15) is 11.9 Å². The quantitative estimate of drug-likeness (QED) is 0.187. The molecule has 2 aliphatic rings. The molecule has 1 atom stereocenters. The highest BCUT2D eigenvalue weighted by atomic mass is 16.6. The molecular formula is C32H31N7O5. The van der Waals surface area contributed by atoms with Crippen molar-refractivity contribution in [2.45, 2.75) is 32.2 Å². The Kier molecular flexibility index (Phi) is 6.87. The van der Waals surface area contributed by atoms with E-state index < -0.39 is 16.7 Å². The van der Waals surface area contributed by atoms with Crippen LogP contribution in [0.15, 0.2) is 67.1 Å². The molecule has 7 rings (SSSR count). The number of amides is 2. The number of likely N-dealkylation sites (N-methyl/N-ethyl adjacent to an activating group) is 1. The minimum atomic E-state index is -0.590. The summed E-state index contributed by atoms with van der Waals surface area (Å²) in [5, 5.41) is 16.4. The van der Waals surface area contributed by atoms with Gasteiger partial charge >= 0.3 is 5.95 Å². The van der Waals surface area contributed by atoms with Crippen LogP contribution in [0.4, 0.5) is 5.95 Å². The molecule has 5 heterocycles. The zero-order valence-electron chi connectivity index (χ0n) is 24.4. The molecule has 0 aliphatic carbocycles. The molecule has 0 fully saturated rings. The number of imidazole rings is 1. The number of imide groups is 1. The molecule has 2 aromatic carbocycles. The molecule has 2 aliphatic heterocycles. The van der Waals surface area contributed by atoms with Crippen LogP contribution in [0.2, 0.25) is 0 Å². The predicted molar refractivity (Wildman–Crippen MR) is 164 cm³/mol. The molecule has 4 bridgehead atoms. The number of nitrogens with one attached hydrogen (secondary N) is 1. The smallest absolute Gasteiger partial charge is 0.390 e. The van der Waals surface area contributed by atoms with Gasteiger partial charge in [0.25, 0.3) is 11.8 Å². The highest BCUT2D eigenvalue weighted by Crippen LogP contribution is 2.42. The fraction of sp³-hybridized carbons (Fsp3) is 0.281. The molecule has 0 saturated carbocycles. The Bertz CT molecular complexity index is 2000. The average Bonchev–Trinajstić information content (AvgIpc) is 3.74. The normalized spacial score (nSPS) is 17.5. The van der Waals surface area contributed by atoms with Crippen molar-refractivity contribution in [3.63, 3.8) is 0 Å². The number of carbonyl (C=O) groups excluding carboxylic acids is 2. The number of para-hydroxylation sites is 2. The van der Waals surface area contributed by atoms with Gasteiger partial charge in [0.05, 0.1) is 37.4 Å². The summed E-state index contributed by atoms with van der Waals surface area (Å²) in [5.74, 6) is -1.26. The fourth-order valence-electron chi connectivity index (χ4n) is 6.47. The van der Waals surface area contributed by atoms with Gasteiger partial charge in [0.2, 0.25) is 0 Å². The van der Waals surface area contributed by atoms with E-state index in [2.05, 4.69) is 19.4 Å². The first-order valence-corrected chi connectivity index (χ1v) is 14.6. The fourth-order valence-corrected chi connectivity index (χ4v) is 6.47. The minimum absolute atomic E-state index is 0.0169. The van der Waals surface area contributed by atoms with Crippen LogP contribution < -0.4 is 5.32 Å². The van der Waals surface area contributed by atoms with Crippen molar-refractivity contribution in [3.8, 4) is 0 Å². The van der Waals surface area contributed by atoms with Gasteiger partial charge in [0.15, 0.2) is 0 Å². The number of nitrogens with zero attached hydrogens (tertiary/aromatic N) is 6. The maximum absolute atomic E-state index is 14.4. The van der Waals surface area contributed by atoms with Crippen molar-refractivity contribution in [1.82, 2.24) is 28.9 Å². The number of hydrogen-bond donors (Lipinski definition) is 1. The Morgan fingerprint density at radius 2 is 1.55 bits per heavy atom. The number of nitro groups is 1. The third kappa shape index (κ3) is 4.41. The topological polar surface area (TPSA) is 129 Å². The zero-order valence-corrected chi connectivity index (χ0v) is 24.4. The van der Waals surface area contributed by atoms with Crippen LogP contribution in [0.25, 0.3) is 33.0 Å². The summed E-state index contributed by atoms with van der Waals surface area (Å²) in [6, 6.07) is 15.7. The van der Waals surface area contributed by atoms with Crippen LogP contribution >= 0.6 is 0 Å². The van der Waals surface area contributed by atoms with Crippen molar-refractivity contribution in [3.05, 3.63) is 94.1 Å². The van der Waals surface area contributed by atoms with Crippen molar-refractivity contribution in [1.29, 1.82) is 0 Å². The van der Waals surface area contributed by atoms with E-state index in [1.807, 2.05) is 68.0 Å². The zero-order chi connectivity index (χ0) is 30.5. The molecule has 12 nitrogen and oxygen atoms in total. The van der Waals surface area contributed by atoms with E-state index in [4.69, 9.17) is 4.74 Å². The van der Waals surface area contributed by atoms with Crippen LogP contribution in [0.5, 0.6) is 0 Å². The van der Waals surface area contributed by atoms with Gasteiger partial charge in [-0.1, -0.05) is 41.4 Å². The number of benzene rings is 2. The maximum atomic E-state index is 14.4. The molecule has 0 saturated heterocycles. The second-order valence-electron chi connectivity index (χ2n) is 11.2. The maximum Gasteiger partial charge on any atom is 0.434 e. The number of rotatable bonds is 5. The number of aromatic nitrogens is 4. The number of aryl methyl sites for hydroxylation is 1. The number of carbonyl (C=O) groups is 2. The van der Waals surface area contributed by atoms with Gasteiger partial charge in [-0.3, -0.25) is 14.5 Å². The van der Waals surface area contributed by atoms with Gasteiger partial charge in [-0.25, -0.2) is 4.57 Å². The van der Waals surface area contributed by atoms with E-state index in [9.17, 15) is 19.7 Å². The van der Waals surface area contributed by atoms with E-state index in [1.54, 1.807) is 0 Å². The van der Waals surface area contributed by atoms with E-state index in [0.717, 1.165) is 28.2 Å². The molecule has 1 N–H and O–H groups in total. The summed E-state index contributed by atoms with van der Waals surface area (Å²) in [6.07, 6.45) is 5.97. The number of ether oxygens (including phenoxy) is 1. The van der Waals surface area contributed by atoms with Crippen LogP contribution in [-0.4, -0.2) is 66.6 Å². The standard InChI is InChI=1S/C32H31N7O5/c1-33-16-21-11-12-36-18-24(22-7-3-5-9-26(22)36)28-29(25-19-37(13-14-44-21)27-10-6-4-8-23(25)27)31(41)38(30(28)40)17-20-15-34-32(35(20)2)39(42)43/h3-10,15,18-19,21,33H,11-14,16-17H2,1-2H3. The summed E-state index contributed by atoms with van der Waals surface area (Å²) in [5.41, 5.74) is 4.24. The molecule has 5 aromatic rings. The van der Waals surface area contributed by atoms with E-state index >= 15 is 0 Å². The van der Waals surface area contributed by atoms with E-state index in [0.29, 0.717) is 54.2 Å². The summed E-state index contributed by atoms with van der Waals surface area (Å²) in [6.45, 7) is 2.26. The lowest BCUT2D eigenvalue weighted by Crippen LogP contribution is -2.31. The van der Waals surface area contributed by atoms with Crippen LogP contribution in [0.1, 0.15) is 23.2 Å². The molecule has 1 unspecified atom stereocenters. The first-order chi connectivity index (χ1) is 21.4. The van der Waals surface area contributed by atoms with Crippen LogP contribution in [-0.2, 0) is 41.0 Å². The first-order valence-electron chi connectivity index (χ1n) is 14.6. The third-order valence-corrected chi connectivity index (χ3v) is 8.64. The highest BCUT2D eigenvalue weighted by molar-refractivity contribution is 6.50. The molecule has 12 heteroatoms. The first kappa shape index (κ1) is 27.7. The summed E-state index contributed by atoms with van der Waals surface area (Å²) < 4.78 is 11.8. The minimum Gasteiger partial charge on any atom is -0.390 e. The van der Waals surface area contributed by atoms with Crippen molar-refractivity contribution in [2.24, 2.45) is 7.05 Å². The summed E-state index contributed by atoms with van der Waals surface area (Å²) in [4.78, 5) is 44.7. The van der Waals surface area contributed by atoms with Crippen LogP contribution in [0.3, 0.4) is 0 Å². The lowest BCUT2D eigenvalue weighted by Gasteiger charge is -2.19. The highest BCUT2D eigenvalue weighted by Gasteiger charge is 2.42. The monoisotopic (exact) mass is 593 g/mol. The van der Waals surface area contributed by atoms with Crippen LogP contribution in [0, 0.1) is 10.1 Å². The van der Waals surface area contributed by atoms with Gasteiger partial charge in [0, 0.05) is 65.0 Å². The Labute approximate surface area is 252 Å². The SMILES string of the molecule is CNCC1CCn2cc(c3ccccc32)C2=C(C(=O)N(Cc3cnc([N+](=O)[O-])n3C)C2=O)c2cn(c3ccccc23)CCO1. The van der Waals surface area contributed by atoms with E-state index in [1.165, 1.54) is 22.7 Å². The van der Waals surface area contributed by atoms with Gasteiger partial charge in [-0.05, 0) is 30.5 Å². The summed E-state index contributed by atoms with van der Waals surface area (Å²) in [7, 11) is 3.42. The van der Waals surface area contributed by atoms with Crippen molar-refractivity contribution in [2.75, 3.05) is 20.2 Å². The van der Waals surface area contributed by atoms with Gasteiger partial charge in [-0.2, -0.15) is 0 Å². The molecule has 0 spiro atoms.